The molecule has 0 saturated heterocycles. The molecular formula is C18H16O3. The number of carbonyl (C=O) groups excluding carboxylic acids is 2. The zero-order valence-corrected chi connectivity index (χ0v) is 11.6. The molecule has 0 radical (unpaired) electrons. The first-order valence-electron chi connectivity index (χ1n) is 7.06. The van der Waals surface area contributed by atoms with Gasteiger partial charge in [0.2, 0.25) is 5.78 Å². The number of ether oxygens (including phenoxy) is 1. The van der Waals surface area contributed by atoms with Crippen molar-refractivity contribution in [2.75, 3.05) is 0 Å². The second-order valence-corrected chi connectivity index (χ2v) is 5.29. The Morgan fingerprint density at radius 3 is 2.43 bits per heavy atom. The number of aldehydes is 1. The van der Waals surface area contributed by atoms with Crippen LogP contribution >= 0.6 is 0 Å². The van der Waals surface area contributed by atoms with E-state index in [1.165, 1.54) is 0 Å². The lowest BCUT2D eigenvalue weighted by molar-refractivity contribution is -0.108. The molecule has 0 aliphatic carbocycles. The summed E-state index contributed by atoms with van der Waals surface area (Å²) >= 11 is 0. The summed E-state index contributed by atoms with van der Waals surface area (Å²) in [5.41, 5.74) is 0.690. The van der Waals surface area contributed by atoms with E-state index in [4.69, 9.17) is 4.74 Å². The van der Waals surface area contributed by atoms with E-state index in [-0.39, 0.29) is 5.78 Å². The van der Waals surface area contributed by atoms with Gasteiger partial charge < -0.3 is 9.53 Å². The van der Waals surface area contributed by atoms with E-state index in [0.29, 0.717) is 30.6 Å². The van der Waals surface area contributed by atoms with Gasteiger partial charge >= 0.3 is 0 Å². The predicted molar refractivity (Wildman–Crippen MR) is 79.6 cm³/mol. The summed E-state index contributed by atoms with van der Waals surface area (Å²) in [6, 6.07) is 17.0. The summed E-state index contributed by atoms with van der Waals surface area (Å²) in [7, 11) is 0. The molecule has 0 aromatic heterocycles. The topological polar surface area (TPSA) is 43.4 Å². The van der Waals surface area contributed by atoms with Crippen molar-refractivity contribution in [3.05, 3.63) is 65.7 Å². The van der Waals surface area contributed by atoms with Crippen molar-refractivity contribution in [1.82, 2.24) is 0 Å². The summed E-state index contributed by atoms with van der Waals surface area (Å²) in [5.74, 6) is 0.591. The van der Waals surface area contributed by atoms with Crippen LogP contribution in [0.1, 0.15) is 28.8 Å². The number of Topliss-reactive ketones (excluding diaryl/α,β-unsaturated/α-hetero) is 1. The number of benzene rings is 2. The Hall–Kier alpha value is -2.42. The van der Waals surface area contributed by atoms with E-state index in [1.54, 1.807) is 12.1 Å². The monoisotopic (exact) mass is 280 g/mol. The van der Waals surface area contributed by atoms with E-state index >= 15 is 0 Å². The second-order valence-electron chi connectivity index (χ2n) is 5.29. The molecule has 1 heterocycles. The van der Waals surface area contributed by atoms with Crippen molar-refractivity contribution in [2.24, 2.45) is 0 Å². The van der Waals surface area contributed by atoms with E-state index < -0.39 is 5.60 Å². The van der Waals surface area contributed by atoms with Crippen LogP contribution in [0.5, 0.6) is 5.75 Å². The van der Waals surface area contributed by atoms with Gasteiger partial charge in [-0.05, 0) is 17.7 Å². The third-order valence-electron chi connectivity index (χ3n) is 3.85. The highest BCUT2D eigenvalue weighted by Crippen LogP contribution is 2.39. The Bertz CT molecular complexity index is 663. The van der Waals surface area contributed by atoms with Crippen molar-refractivity contribution >= 4 is 12.1 Å². The molecule has 0 unspecified atom stereocenters. The van der Waals surface area contributed by atoms with Crippen molar-refractivity contribution in [1.29, 1.82) is 0 Å². The zero-order valence-electron chi connectivity index (χ0n) is 11.6. The van der Waals surface area contributed by atoms with Gasteiger partial charge in [0.15, 0.2) is 5.60 Å². The van der Waals surface area contributed by atoms with Gasteiger partial charge in [-0.2, -0.15) is 0 Å². The third-order valence-corrected chi connectivity index (χ3v) is 3.85. The number of hydrogen-bond donors (Lipinski definition) is 0. The molecule has 3 rings (SSSR count). The molecule has 21 heavy (non-hydrogen) atoms. The standard InChI is InChI=1S/C18H16O3/c19-12-6-11-18(13-14-7-2-1-3-8-14)17(20)15-9-4-5-10-16(15)21-18/h1-5,7-10,12H,6,11,13H2/t18-/m1/s1. The highest BCUT2D eigenvalue weighted by Gasteiger charge is 2.47. The molecule has 0 fully saturated rings. The normalized spacial score (nSPS) is 19.9. The number of para-hydroxylation sites is 1. The Balaban J connectivity index is 1.96. The molecule has 0 bridgehead atoms. The van der Waals surface area contributed by atoms with Crippen LogP contribution in [0.4, 0.5) is 0 Å². The highest BCUT2D eigenvalue weighted by molar-refractivity contribution is 6.07. The average molecular weight is 280 g/mol. The minimum Gasteiger partial charge on any atom is -0.478 e. The molecule has 3 heteroatoms. The van der Waals surface area contributed by atoms with Crippen LogP contribution < -0.4 is 4.74 Å². The van der Waals surface area contributed by atoms with E-state index in [0.717, 1.165) is 11.8 Å². The fourth-order valence-electron chi connectivity index (χ4n) is 2.83. The number of carbonyl (C=O) groups is 2. The summed E-state index contributed by atoms with van der Waals surface area (Å²) in [4.78, 5) is 23.6. The van der Waals surface area contributed by atoms with Crippen molar-refractivity contribution in [2.45, 2.75) is 24.9 Å². The Kier molecular flexibility index (Phi) is 3.57. The van der Waals surface area contributed by atoms with Crippen LogP contribution in [0.15, 0.2) is 54.6 Å². The lowest BCUT2D eigenvalue weighted by atomic mass is 9.85. The molecular weight excluding hydrogens is 264 g/mol. The van der Waals surface area contributed by atoms with Crippen molar-refractivity contribution in [3.8, 4) is 5.75 Å². The van der Waals surface area contributed by atoms with Gasteiger partial charge in [-0.15, -0.1) is 0 Å². The number of ketones is 1. The summed E-state index contributed by atoms with van der Waals surface area (Å²) in [5, 5.41) is 0. The number of fused-ring (bicyclic) bond motifs is 1. The van der Waals surface area contributed by atoms with Crippen molar-refractivity contribution in [3.63, 3.8) is 0 Å². The number of rotatable bonds is 5. The molecule has 1 aliphatic rings. The molecule has 1 atom stereocenters. The molecule has 0 saturated carbocycles. The van der Waals surface area contributed by atoms with Gasteiger partial charge in [-0.3, -0.25) is 4.79 Å². The largest absolute Gasteiger partial charge is 0.478 e. The maximum absolute atomic E-state index is 12.8. The lowest BCUT2D eigenvalue weighted by Gasteiger charge is -2.26. The molecule has 0 spiro atoms. The first kappa shape index (κ1) is 13.6. The van der Waals surface area contributed by atoms with Gasteiger partial charge in [0, 0.05) is 19.3 Å². The third kappa shape index (κ3) is 2.47. The molecule has 1 aliphatic heterocycles. The SMILES string of the molecule is O=CCC[C@]1(Cc2ccccc2)Oc2ccccc2C1=O. The van der Waals surface area contributed by atoms with E-state index in [9.17, 15) is 9.59 Å². The maximum atomic E-state index is 12.8. The first-order valence-corrected chi connectivity index (χ1v) is 7.06. The van der Waals surface area contributed by atoms with Crippen LogP contribution in [0.3, 0.4) is 0 Å². The van der Waals surface area contributed by atoms with Crippen molar-refractivity contribution < 1.29 is 14.3 Å². The van der Waals surface area contributed by atoms with Gasteiger partial charge in [-0.25, -0.2) is 0 Å². The van der Waals surface area contributed by atoms with E-state index in [1.807, 2.05) is 42.5 Å². The smallest absolute Gasteiger partial charge is 0.210 e. The molecule has 106 valence electrons. The van der Waals surface area contributed by atoms with Gasteiger partial charge in [-0.1, -0.05) is 42.5 Å². The molecule has 2 aromatic rings. The number of hydrogen-bond acceptors (Lipinski definition) is 3. The Morgan fingerprint density at radius 1 is 1.00 bits per heavy atom. The Labute approximate surface area is 123 Å². The molecule has 2 aromatic carbocycles. The van der Waals surface area contributed by atoms with Crippen LogP contribution in [-0.4, -0.2) is 17.7 Å². The summed E-state index contributed by atoms with van der Waals surface area (Å²) in [6.07, 6.45) is 2.03. The molecule has 0 N–H and O–H groups in total. The predicted octanol–water partition coefficient (Wildman–Crippen LogP) is 3.22. The first-order chi connectivity index (χ1) is 10.2. The molecule has 3 nitrogen and oxygen atoms in total. The van der Waals surface area contributed by atoms with Gasteiger partial charge in [0.05, 0.1) is 5.56 Å². The van der Waals surface area contributed by atoms with Gasteiger partial charge in [0.25, 0.3) is 0 Å². The van der Waals surface area contributed by atoms with Crippen LogP contribution in [0.2, 0.25) is 0 Å². The average Bonchev–Trinajstić information content (AvgIpc) is 2.80. The van der Waals surface area contributed by atoms with Crippen LogP contribution in [0.25, 0.3) is 0 Å². The second kappa shape index (κ2) is 5.52. The fourth-order valence-corrected chi connectivity index (χ4v) is 2.83. The van der Waals surface area contributed by atoms with Crippen LogP contribution in [-0.2, 0) is 11.2 Å². The maximum Gasteiger partial charge on any atom is 0.210 e. The quantitative estimate of drug-likeness (QED) is 0.790. The Morgan fingerprint density at radius 2 is 1.71 bits per heavy atom. The minimum absolute atomic E-state index is 0.0243. The highest BCUT2D eigenvalue weighted by atomic mass is 16.5. The molecule has 0 amide bonds. The summed E-state index contributed by atoms with van der Waals surface area (Å²) < 4.78 is 6.00. The minimum atomic E-state index is -0.952. The lowest BCUT2D eigenvalue weighted by Crippen LogP contribution is -2.42. The van der Waals surface area contributed by atoms with Gasteiger partial charge in [0.1, 0.15) is 12.0 Å². The zero-order chi connectivity index (χ0) is 14.7. The van der Waals surface area contributed by atoms with E-state index in [2.05, 4.69) is 0 Å². The summed E-state index contributed by atoms with van der Waals surface area (Å²) in [6.45, 7) is 0. The van der Waals surface area contributed by atoms with Crippen LogP contribution in [0, 0.1) is 0 Å². The fraction of sp³-hybridized carbons (Fsp3) is 0.222.